The minimum Gasteiger partial charge on any atom is -0.477 e. The maximum Gasteiger partial charge on any atom is 0.348 e. The molecule has 7 nitrogen and oxygen atoms in total. The number of ether oxygens (including phenoxy) is 2. The number of anilines is 1. The highest BCUT2D eigenvalue weighted by molar-refractivity contribution is 7.15. The summed E-state index contributed by atoms with van der Waals surface area (Å²) >= 11 is 1.13. The molecule has 2 atom stereocenters. The number of aromatic carboxylic acids is 1. The Bertz CT molecular complexity index is 1110. The number of hydrogen-bond donors (Lipinski definition) is 2. The van der Waals surface area contributed by atoms with Gasteiger partial charge in [0.15, 0.2) is 0 Å². The van der Waals surface area contributed by atoms with Crippen molar-refractivity contribution >= 4 is 28.9 Å². The lowest BCUT2D eigenvalue weighted by atomic mass is 9.81. The summed E-state index contributed by atoms with van der Waals surface area (Å²) in [6.07, 6.45) is 7.41. The van der Waals surface area contributed by atoms with Crippen molar-refractivity contribution in [3.8, 4) is 11.8 Å². The van der Waals surface area contributed by atoms with Gasteiger partial charge in [-0.15, -0.1) is 11.3 Å². The molecule has 208 valence electrons. The number of carbonyl (C=O) groups is 2. The fraction of sp³-hybridized carbons (Fsp3) is 0.667. The second kappa shape index (κ2) is 11.9. The molecule has 3 aliphatic rings. The highest BCUT2D eigenvalue weighted by Gasteiger charge is 2.41. The zero-order valence-corrected chi connectivity index (χ0v) is 23.9. The topological polar surface area (TPSA) is 96.3 Å². The monoisotopic (exact) mass is 543 g/mol. The number of carboxylic acid groups (broad SMARTS) is 1. The summed E-state index contributed by atoms with van der Waals surface area (Å²) in [7, 11) is 0. The molecular weight excluding hydrogens is 502 g/mol. The molecule has 2 N–H and O–H groups in total. The zero-order valence-electron chi connectivity index (χ0n) is 23.0. The Morgan fingerprint density at radius 1 is 1.24 bits per heavy atom. The lowest BCUT2D eigenvalue weighted by Crippen LogP contribution is -2.50. The van der Waals surface area contributed by atoms with Crippen molar-refractivity contribution in [1.29, 1.82) is 0 Å². The van der Waals surface area contributed by atoms with Crippen LogP contribution in [0.2, 0.25) is 0 Å². The Morgan fingerprint density at radius 2 is 1.97 bits per heavy atom. The molecule has 2 heterocycles. The van der Waals surface area contributed by atoms with Gasteiger partial charge in [0.1, 0.15) is 4.88 Å². The van der Waals surface area contributed by atoms with Gasteiger partial charge in [0.05, 0.1) is 35.5 Å². The maximum atomic E-state index is 14.0. The van der Waals surface area contributed by atoms with Gasteiger partial charge in [0, 0.05) is 24.0 Å². The van der Waals surface area contributed by atoms with E-state index in [9.17, 15) is 19.8 Å². The number of thiophene rings is 1. The van der Waals surface area contributed by atoms with Gasteiger partial charge in [-0.1, -0.05) is 23.5 Å². The van der Waals surface area contributed by atoms with E-state index in [0.717, 1.165) is 30.6 Å². The molecular formula is C30H41NO6S. The highest BCUT2D eigenvalue weighted by Crippen LogP contribution is 2.40. The second-order valence-corrected chi connectivity index (χ2v) is 13.2. The highest BCUT2D eigenvalue weighted by atomic mass is 32.1. The van der Waals surface area contributed by atoms with Crippen LogP contribution in [0.15, 0.2) is 17.7 Å². The number of allylic oxidation sites excluding steroid dienone is 2. The van der Waals surface area contributed by atoms with Crippen LogP contribution >= 0.6 is 11.3 Å². The van der Waals surface area contributed by atoms with E-state index in [-0.39, 0.29) is 40.9 Å². The average molecular weight is 544 g/mol. The number of carbonyl (C=O) groups excluding carboxylic acids is 1. The molecule has 1 aromatic heterocycles. The van der Waals surface area contributed by atoms with E-state index >= 15 is 0 Å². The third-order valence-electron chi connectivity index (χ3n) is 7.68. The van der Waals surface area contributed by atoms with Crippen LogP contribution in [0, 0.1) is 23.2 Å². The zero-order chi connectivity index (χ0) is 27.5. The van der Waals surface area contributed by atoms with Crippen molar-refractivity contribution in [2.75, 3.05) is 24.7 Å². The molecule has 2 fully saturated rings. The van der Waals surface area contributed by atoms with Crippen LogP contribution in [0.1, 0.15) is 93.6 Å². The molecule has 8 heteroatoms. The fourth-order valence-corrected chi connectivity index (χ4v) is 6.21. The molecule has 0 spiro atoms. The molecule has 2 aliphatic carbocycles. The van der Waals surface area contributed by atoms with Crippen molar-refractivity contribution < 1.29 is 29.3 Å². The standard InChI is InChI=1S/C30H41NO6S/c1-20-5-7-21(8-6-20)27(32)31(25-17-24(11-13-29(2,3)4)38-26(25)28(33)34)22-9-14-30(35,15-10-22)19-37-23-12-16-36-18-23/h5,17,21-23,35H,6-10,12,14-16,18-19H2,1-4H3,(H,33,34)/t21-,22?,23-,30?/m1/s1. The molecule has 0 aromatic carbocycles. The number of carboxylic acids is 1. The van der Waals surface area contributed by atoms with Crippen molar-refractivity contribution in [3.63, 3.8) is 0 Å². The van der Waals surface area contributed by atoms with Crippen LogP contribution in [0.3, 0.4) is 0 Å². The van der Waals surface area contributed by atoms with Gasteiger partial charge in [-0.05, 0) is 85.1 Å². The van der Waals surface area contributed by atoms with Crippen molar-refractivity contribution in [1.82, 2.24) is 0 Å². The first-order valence-electron chi connectivity index (χ1n) is 13.7. The van der Waals surface area contributed by atoms with E-state index in [1.807, 2.05) is 20.8 Å². The largest absolute Gasteiger partial charge is 0.477 e. The summed E-state index contributed by atoms with van der Waals surface area (Å²) in [6.45, 7) is 9.61. The Balaban J connectivity index is 1.60. The Kier molecular flexibility index (Phi) is 9.03. The minimum absolute atomic E-state index is 0.0224. The summed E-state index contributed by atoms with van der Waals surface area (Å²) in [5, 5.41) is 21.3. The summed E-state index contributed by atoms with van der Waals surface area (Å²) in [5.74, 6) is 5.05. The summed E-state index contributed by atoms with van der Waals surface area (Å²) in [5.41, 5.74) is 0.548. The lowest BCUT2D eigenvalue weighted by molar-refractivity contribution is -0.124. The maximum absolute atomic E-state index is 14.0. The lowest BCUT2D eigenvalue weighted by Gasteiger charge is -2.42. The van der Waals surface area contributed by atoms with Crippen molar-refractivity contribution in [2.45, 2.75) is 96.8 Å². The molecule has 1 saturated carbocycles. The van der Waals surface area contributed by atoms with Crippen molar-refractivity contribution in [2.24, 2.45) is 11.3 Å². The fourth-order valence-electron chi connectivity index (χ4n) is 5.37. The molecule has 0 radical (unpaired) electrons. The van der Waals surface area contributed by atoms with E-state index in [0.29, 0.717) is 55.9 Å². The summed E-state index contributed by atoms with van der Waals surface area (Å²) in [6, 6.07) is 1.58. The molecule has 1 aromatic rings. The number of amides is 1. The van der Waals surface area contributed by atoms with Crippen LogP contribution in [-0.2, 0) is 14.3 Å². The van der Waals surface area contributed by atoms with Gasteiger partial charge in [0.2, 0.25) is 5.91 Å². The molecule has 0 unspecified atom stereocenters. The number of hydrogen-bond acceptors (Lipinski definition) is 6. The van der Waals surface area contributed by atoms with Crippen LogP contribution in [0.25, 0.3) is 0 Å². The minimum atomic E-state index is -1.05. The second-order valence-electron chi connectivity index (χ2n) is 12.1. The van der Waals surface area contributed by atoms with Gasteiger partial charge in [-0.2, -0.15) is 0 Å². The molecule has 1 aliphatic heterocycles. The predicted octanol–water partition coefficient (Wildman–Crippen LogP) is 5.40. The van der Waals surface area contributed by atoms with E-state index in [1.54, 1.807) is 11.0 Å². The molecule has 1 amide bonds. The summed E-state index contributed by atoms with van der Waals surface area (Å²) < 4.78 is 11.3. The third kappa shape index (κ3) is 7.26. The quantitative estimate of drug-likeness (QED) is 0.353. The first-order valence-corrected chi connectivity index (χ1v) is 14.6. The van der Waals surface area contributed by atoms with Gasteiger partial charge in [-0.25, -0.2) is 4.79 Å². The van der Waals surface area contributed by atoms with Crippen LogP contribution < -0.4 is 4.90 Å². The molecule has 38 heavy (non-hydrogen) atoms. The van der Waals surface area contributed by atoms with E-state index in [2.05, 4.69) is 24.8 Å². The van der Waals surface area contributed by atoms with Gasteiger partial charge in [-0.3, -0.25) is 4.79 Å². The Labute approximate surface area is 230 Å². The first kappa shape index (κ1) is 28.8. The Hall–Kier alpha value is -2.18. The van der Waals surface area contributed by atoms with E-state index < -0.39 is 11.6 Å². The van der Waals surface area contributed by atoms with Crippen LogP contribution in [-0.4, -0.2) is 59.7 Å². The number of aliphatic hydroxyl groups is 1. The third-order valence-corrected chi connectivity index (χ3v) is 8.71. The SMILES string of the molecule is CC1=CC[C@@H](C(=O)N(c2cc(C#CC(C)(C)C)sc2C(=O)O)C2CCC(O)(CO[C@@H]3CCOC3)CC2)CC1. The van der Waals surface area contributed by atoms with Gasteiger partial charge >= 0.3 is 5.97 Å². The smallest absolute Gasteiger partial charge is 0.348 e. The van der Waals surface area contributed by atoms with Crippen molar-refractivity contribution in [3.05, 3.63) is 27.5 Å². The predicted molar refractivity (Wildman–Crippen MR) is 149 cm³/mol. The molecule has 1 saturated heterocycles. The number of rotatable bonds is 7. The molecule has 0 bridgehead atoms. The van der Waals surface area contributed by atoms with E-state index in [1.165, 1.54) is 5.57 Å². The average Bonchev–Trinajstić information content (AvgIpc) is 3.53. The first-order chi connectivity index (χ1) is 17.9. The van der Waals surface area contributed by atoms with Gasteiger partial charge in [0.25, 0.3) is 0 Å². The van der Waals surface area contributed by atoms with Crippen LogP contribution in [0.5, 0.6) is 0 Å². The summed E-state index contributed by atoms with van der Waals surface area (Å²) in [4.78, 5) is 28.9. The van der Waals surface area contributed by atoms with Gasteiger partial charge < -0.3 is 24.6 Å². The Morgan fingerprint density at radius 3 is 2.55 bits per heavy atom. The number of nitrogens with zero attached hydrogens (tertiary/aromatic N) is 1. The molecule has 4 rings (SSSR count). The van der Waals surface area contributed by atoms with Crippen LogP contribution in [0.4, 0.5) is 5.69 Å². The normalized spacial score (nSPS) is 27.8. The van der Waals surface area contributed by atoms with E-state index in [4.69, 9.17) is 9.47 Å².